The molecule has 0 radical (unpaired) electrons. The number of anilines is 3. The Bertz CT molecular complexity index is 2500. The van der Waals surface area contributed by atoms with Crippen LogP contribution in [0.15, 0.2) is 146 Å². The van der Waals surface area contributed by atoms with Crippen molar-refractivity contribution in [3.8, 4) is 17.2 Å². The summed E-state index contributed by atoms with van der Waals surface area (Å²) in [5.41, 5.74) is 8.91. The first-order chi connectivity index (χ1) is 22.5. The Morgan fingerprint density at radius 2 is 0.978 bits per heavy atom. The zero-order valence-electron chi connectivity index (χ0n) is 25.8. The molecule has 46 heavy (non-hydrogen) atoms. The number of nitrogens with zero attached hydrogens (tertiary/aromatic N) is 2. The van der Waals surface area contributed by atoms with E-state index in [0.29, 0.717) is 0 Å². The van der Waals surface area contributed by atoms with Crippen molar-refractivity contribution >= 4 is 60.2 Å². The standard InChI is InChI=1S/C44H30N2/c1-44(2)41-25-33-23-37(20-17-32(33)24-40(41)43-39-14-8-7-13-38(39)34(27-45)26-42(43)44)46(35-18-15-28-9-3-5-11-30(28)21-35)36-19-16-29-10-4-6-12-31(29)22-36/h3-26H,1-2H3. The van der Waals surface area contributed by atoms with Gasteiger partial charge in [0.05, 0.1) is 11.6 Å². The topological polar surface area (TPSA) is 27.0 Å². The van der Waals surface area contributed by atoms with Crippen molar-refractivity contribution in [2.24, 2.45) is 0 Å². The molecule has 0 unspecified atom stereocenters. The van der Waals surface area contributed by atoms with Crippen LogP contribution < -0.4 is 4.90 Å². The first-order valence-corrected chi connectivity index (χ1v) is 15.8. The molecule has 0 aromatic heterocycles. The van der Waals surface area contributed by atoms with Crippen molar-refractivity contribution in [2.45, 2.75) is 19.3 Å². The van der Waals surface area contributed by atoms with Gasteiger partial charge in [0, 0.05) is 27.9 Å². The molecule has 1 aliphatic carbocycles. The van der Waals surface area contributed by atoms with Gasteiger partial charge >= 0.3 is 0 Å². The van der Waals surface area contributed by atoms with E-state index in [2.05, 4.69) is 164 Å². The summed E-state index contributed by atoms with van der Waals surface area (Å²) >= 11 is 0. The molecule has 0 saturated heterocycles. The minimum Gasteiger partial charge on any atom is -0.310 e. The molecule has 0 N–H and O–H groups in total. The monoisotopic (exact) mass is 586 g/mol. The fourth-order valence-electron chi connectivity index (χ4n) is 7.62. The highest BCUT2D eigenvalue weighted by Crippen LogP contribution is 2.53. The van der Waals surface area contributed by atoms with Gasteiger partial charge < -0.3 is 4.90 Å². The van der Waals surface area contributed by atoms with Gasteiger partial charge in [-0.3, -0.25) is 0 Å². The van der Waals surface area contributed by atoms with E-state index in [9.17, 15) is 5.26 Å². The van der Waals surface area contributed by atoms with Crippen LogP contribution >= 0.6 is 0 Å². The summed E-state index contributed by atoms with van der Waals surface area (Å²) in [7, 11) is 0. The van der Waals surface area contributed by atoms with E-state index in [0.717, 1.165) is 33.4 Å². The molecule has 0 saturated carbocycles. The van der Waals surface area contributed by atoms with E-state index in [1.807, 2.05) is 6.07 Å². The van der Waals surface area contributed by atoms with E-state index in [-0.39, 0.29) is 5.41 Å². The number of hydrogen-bond donors (Lipinski definition) is 0. The summed E-state index contributed by atoms with van der Waals surface area (Å²) in [4.78, 5) is 2.37. The number of benzene rings is 8. The third-order valence-electron chi connectivity index (χ3n) is 9.98. The third kappa shape index (κ3) is 3.89. The van der Waals surface area contributed by atoms with Gasteiger partial charge in [-0.05, 0) is 115 Å². The second-order valence-corrected chi connectivity index (χ2v) is 13.0. The third-order valence-corrected chi connectivity index (χ3v) is 9.98. The summed E-state index contributed by atoms with van der Waals surface area (Å²) in [5.74, 6) is 0. The minimum absolute atomic E-state index is 0.235. The predicted molar refractivity (Wildman–Crippen MR) is 193 cm³/mol. The molecule has 0 bridgehead atoms. The van der Waals surface area contributed by atoms with E-state index < -0.39 is 0 Å². The molecule has 0 spiro atoms. The van der Waals surface area contributed by atoms with Gasteiger partial charge in [-0.25, -0.2) is 0 Å². The van der Waals surface area contributed by atoms with Crippen LogP contribution in [-0.2, 0) is 5.41 Å². The molecule has 9 rings (SSSR count). The normalized spacial score (nSPS) is 13.2. The lowest BCUT2D eigenvalue weighted by Crippen LogP contribution is -2.15. The van der Waals surface area contributed by atoms with E-state index in [4.69, 9.17) is 0 Å². The molecule has 0 fully saturated rings. The maximum atomic E-state index is 10.0. The second kappa shape index (κ2) is 9.80. The zero-order chi connectivity index (χ0) is 31.0. The Kier molecular flexibility index (Phi) is 5.64. The summed E-state index contributed by atoms with van der Waals surface area (Å²) in [5, 5.41) is 19.5. The minimum atomic E-state index is -0.235. The lowest BCUT2D eigenvalue weighted by atomic mass is 9.81. The summed E-state index contributed by atoms with van der Waals surface area (Å²) in [6.07, 6.45) is 0. The molecule has 0 heterocycles. The smallest absolute Gasteiger partial charge is 0.0998 e. The molecule has 0 aliphatic heterocycles. The van der Waals surface area contributed by atoms with Crippen LogP contribution in [-0.4, -0.2) is 0 Å². The van der Waals surface area contributed by atoms with E-state index in [1.54, 1.807) is 0 Å². The Hall–Kier alpha value is -5.91. The molecule has 0 amide bonds. The van der Waals surface area contributed by atoms with Crippen molar-refractivity contribution in [3.05, 3.63) is 162 Å². The molecule has 0 atom stereocenters. The van der Waals surface area contributed by atoms with Crippen molar-refractivity contribution < 1.29 is 0 Å². The lowest BCUT2D eigenvalue weighted by molar-refractivity contribution is 0.661. The average molecular weight is 587 g/mol. The fourth-order valence-corrected chi connectivity index (χ4v) is 7.62. The fraction of sp³-hybridized carbons (Fsp3) is 0.0682. The maximum absolute atomic E-state index is 10.0. The van der Waals surface area contributed by atoms with Gasteiger partial charge in [0.2, 0.25) is 0 Å². The Labute approximate surface area is 268 Å². The largest absolute Gasteiger partial charge is 0.310 e. The number of hydrogen-bond acceptors (Lipinski definition) is 2. The van der Waals surface area contributed by atoms with Gasteiger partial charge in [-0.2, -0.15) is 5.26 Å². The summed E-state index contributed by atoms with van der Waals surface area (Å²) in [6, 6.07) is 55.0. The van der Waals surface area contributed by atoms with Crippen LogP contribution in [0.3, 0.4) is 0 Å². The van der Waals surface area contributed by atoms with Gasteiger partial charge in [-0.15, -0.1) is 0 Å². The highest BCUT2D eigenvalue weighted by atomic mass is 15.1. The van der Waals surface area contributed by atoms with Crippen LogP contribution in [0.25, 0.3) is 54.2 Å². The first-order valence-electron chi connectivity index (χ1n) is 15.8. The van der Waals surface area contributed by atoms with Gasteiger partial charge in [-0.1, -0.05) is 105 Å². The lowest BCUT2D eigenvalue weighted by Gasteiger charge is -2.27. The SMILES string of the molecule is CC1(C)c2cc3cc(N(c4ccc5ccccc5c4)c4ccc5ccccc5c4)ccc3cc2-c2c1cc(C#N)c1ccccc21. The number of fused-ring (bicyclic) bond motifs is 8. The van der Waals surface area contributed by atoms with Gasteiger partial charge in [0.15, 0.2) is 0 Å². The molecular weight excluding hydrogens is 556 g/mol. The first kappa shape index (κ1) is 26.5. The molecular formula is C44H30N2. The molecule has 8 aromatic carbocycles. The molecule has 2 nitrogen and oxygen atoms in total. The van der Waals surface area contributed by atoms with Gasteiger partial charge in [0.25, 0.3) is 0 Å². The molecule has 2 heteroatoms. The predicted octanol–water partition coefficient (Wildman–Crippen LogP) is 11.9. The molecule has 216 valence electrons. The van der Waals surface area contributed by atoms with Crippen LogP contribution in [0.5, 0.6) is 0 Å². The van der Waals surface area contributed by atoms with Crippen molar-refractivity contribution in [1.29, 1.82) is 5.26 Å². The Morgan fingerprint density at radius 1 is 0.478 bits per heavy atom. The van der Waals surface area contributed by atoms with Crippen LogP contribution in [0, 0.1) is 11.3 Å². The zero-order valence-corrected chi connectivity index (χ0v) is 25.8. The summed E-state index contributed by atoms with van der Waals surface area (Å²) in [6.45, 7) is 4.58. The van der Waals surface area contributed by atoms with Crippen LogP contribution in [0.4, 0.5) is 17.1 Å². The average Bonchev–Trinajstić information content (AvgIpc) is 3.32. The Morgan fingerprint density at radius 3 is 1.59 bits per heavy atom. The summed E-state index contributed by atoms with van der Waals surface area (Å²) < 4.78 is 0. The van der Waals surface area contributed by atoms with Crippen molar-refractivity contribution in [3.63, 3.8) is 0 Å². The quantitative estimate of drug-likeness (QED) is 0.206. The molecule has 8 aromatic rings. The Balaban J connectivity index is 1.26. The van der Waals surface area contributed by atoms with E-state index >= 15 is 0 Å². The van der Waals surface area contributed by atoms with Crippen molar-refractivity contribution in [1.82, 2.24) is 0 Å². The van der Waals surface area contributed by atoms with E-state index in [1.165, 1.54) is 54.6 Å². The highest BCUT2D eigenvalue weighted by molar-refractivity contribution is 6.07. The van der Waals surface area contributed by atoms with Gasteiger partial charge in [0.1, 0.15) is 0 Å². The molecule has 1 aliphatic rings. The number of rotatable bonds is 3. The second-order valence-electron chi connectivity index (χ2n) is 13.0. The van der Waals surface area contributed by atoms with Crippen molar-refractivity contribution in [2.75, 3.05) is 4.90 Å². The van der Waals surface area contributed by atoms with Crippen LogP contribution in [0.2, 0.25) is 0 Å². The van der Waals surface area contributed by atoms with Crippen LogP contribution in [0.1, 0.15) is 30.5 Å². The highest BCUT2D eigenvalue weighted by Gasteiger charge is 2.37. The maximum Gasteiger partial charge on any atom is 0.0998 e. The number of nitriles is 1.